The molecule has 0 spiro atoms. The zero-order valence-corrected chi connectivity index (χ0v) is 18.0. The predicted octanol–water partition coefficient (Wildman–Crippen LogP) is 2.82. The molecule has 0 aromatic carbocycles. The first-order valence-corrected chi connectivity index (χ1v) is 11.6. The number of aromatic hydroxyl groups is 1. The van der Waals surface area contributed by atoms with Gasteiger partial charge in [-0.05, 0) is 50.3 Å². The number of carbonyl (C=O) groups is 1. The monoisotopic (exact) mass is 433 g/mol. The minimum absolute atomic E-state index is 0.113. The van der Waals surface area contributed by atoms with Gasteiger partial charge in [0.2, 0.25) is 5.75 Å². The van der Waals surface area contributed by atoms with Crippen LogP contribution in [0.2, 0.25) is 0 Å². The molecule has 1 aliphatic heterocycles. The van der Waals surface area contributed by atoms with Gasteiger partial charge < -0.3 is 19.1 Å². The van der Waals surface area contributed by atoms with E-state index in [9.17, 15) is 14.7 Å². The van der Waals surface area contributed by atoms with Gasteiger partial charge in [-0.15, -0.1) is 0 Å². The summed E-state index contributed by atoms with van der Waals surface area (Å²) in [6, 6.07) is 6.29. The van der Waals surface area contributed by atoms with Gasteiger partial charge in [0.25, 0.3) is 5.91 Å². The topological polar surface area (TPSA) is 93.2 Å². The standard InChI is InChI=1S/C24H27N5O3/c30-20-19-23(32)27(17-6-3-7-17)13-14-28(19)18(26-22(20)31)15-24(9-1-2-10-24)29-12-8-16-5-4-11-25-21(16)29/h4-5,8,11-12,17,30H,1-3,6-7,9-10,13-15H2. The molecule has 8 nitrogen and oxygen atoms in total. The number of fused-ring (bicyclic) bond motifs is 2. The summed E-state index contributed by atoms with van der Waals surface area (Å²) in [6.07, 6.45) is 11.6. The molecule has 166 valence electrons. The van der Waals surface area contributed by atoms with Crippen molar-refractivity contribution < 1.29 is 9.90 Å². The number of pyridine rings is 1. The third-order valence-corrected chi connectivity index (χ3v) is 7.76. The zero-order valence-electron chi connectivity index (χ0n) is 18.0. The number of amides is 1. The van der Waals surface area contributed by atoms with Crippen LogP contribution in [0, 0.1) is 0 Å². The van der Waals surface area contributed by atoms with Crippen molar-refractivity contribution in [2.75, 3.05) is 6.54 Å². The Morgan fingerprint density at radius 2 is 1.91 bits per heavy atom. The second-order valence-electron chi connectivity index (χ2n) is 9.48. The van der Waals surface area contributed by atoms with Crippen molar-refractivity contribution >= 4 is 16.9 Å². The van der Waals surface area contributed by atoms with E-state index in [1.807, 2.05) is 11.0 Å². The van der Waals surface area contributed by atoms with Crippen molar-refractivity contribution in [2.45, 2.75) is 69.5 Å². The van der Waals surface area contributed by atoms with E-state index in [-0.39, 0.29) is 23.2 Å². The van der Waals surface area contributed by atoms with Crippen LogP contribution < -0.4 is 5.56 Å². The van der Waals surface area contributed by atoms with E-state index in [2.05, 4.69) is 32.9 Å². The Kier molecular flexibility index (Phi) is 4.38. The molecule has 8 heteroatoms. The summed E-state index contributed by atoms with van der Waals surface area (Å²) in [7, 11) is 0. The van der Waals surface area contributed by atoms with Gasteiger partial charge in [0, 0.05) is 43.3 Å². The second kappa shape index (κ2) is 7.18. The van der Waals surface area contributed by atoms with E-state index in [4.69, 9.17) is 0 Å². The highest BCUT2D eigenvalue weighted by Gasteiger charge is 2.41. The molecule has 3 aliphatic rings. The number of hydrogen-bond acceptors (Lipinski definition) is 5. The molecule has 3 aromatic rings. The molecule has 3 aromatic heterocycles. The Hall–Kier alpha value is -3.16. The van der Waals surface area contributed by atoms with E-state index in [1.165, 1.54) is 0 Å². The highest BCUT2D eigenvalue weighted by atomic mass is 16.3. The van der Waals surface area contributed by atoms with Crippen LogP contribution >= 0.6 is 0 Å². The van der Waals surface area contributed by atoms with Crippen LogP contribution in [0.4, 0.5) is 0 Å². The molecule has 0 atom stereocenters. The Morgan fingerprint density at radius 1 is 1.09 bits per heavy atom. The maximum Gasteiger partial charge on any atom is 0.315 e. The molecule has 0 bridgehead atoms. The van der Waals surface area contributed by atoms with E-state index >= 15 is 0 Å². The van der Waals surface area contributed by atoms with Gasteiger partial charge in [0.15, 0.2) is 5.69 Å². The van der Waals surface area contributed by atoms with E-state index in [1.54, 1.807) is 10.8 Å². The van der Waals surface area contributed by atoms with Crippen LogP contribution in [0.5, 0.6) is 5.75 Å². The fourth-order valence-corrected chi connectivity index (χ4v) is 5.85. The zero-order chi connectivity index (χ0) is 21.9. The molecule has 1 N–H and O–H groups in total. The molecule has 4 heterocycles. The van der Waals surface area contributed by atoms with E-state index < -0.39 is 11.3 Å². The fourth-order valence-electron chi connectivity index (χ4n) is 5.85. The first-order valence-electron chi connectivity index (χ1n) is 11.6. The third kappa shape index (κ3) is 2.81. The van der Waals surface area contributed by atoms with Crippen LogP contribution in [-0.4, -0.2) is 47.6 Å². The van der Waals surface area contributed by atoms with Gasteiger partial charge >= 0.3 is 5.56 Å². The molecule has 32 heavy (non-hydrogen) atoms. The number of aromatic nitrogens is 4. The Bertz CT molecular complexity index is 1270. The smallest absolute Gasteiger partial charge is 0.315 e. The maximum atomic E-state index is 13.3. The van der Waals surface area contributed by atoms with Crippen LogP contribution in [0.15, 0.2) is 35.4 Å². The van der Waals surface area contributed by atoms with Gasteiger partial charge in [0.1, 0.15) is 11.5 Å². The van der Waals surface area contributed by atoms with Gasteiger partial charge in [-0.25, -0.2) is 4.98 Å². The first-order chi connectivity index (χ1) is 15.6. The SMILES string of the molecule is O=C1c2c(O)c(=O)nc(CC3(n4ccc5cccnc54)CCCC3)n2CCN1C1CCC1. The third-order valence-electron chi connectivity index (χ3n) is 7.76. The lowest BCUT2D eigenvalue weighted by Gasteiger charge is -2.41. The summed E-state index contributed by atoms with van der Waals surface area (Å²) in [4.78, 5) is 36.6. The summed E-state index contributed by atoms with van der Waals surface area (Å²) < 4.78 is 4.04. The highest BCUT2D eigenvalue weighted by molar-refractivity contribution is 5.96. The number of nitrogens with zero attached hydrogens (tertiary/aromatic N) is 5. The van der Waals surface area contributed by atoms with Gasteiger partial charge in [-0.3, -0.25) is 9.59 Å². The average Bonchev–Trinajstić information content (AvgIpc) is 3.39. The molecule has 0 unspecified atom stereocenters. The van der Waals surface area contributed by atoms with Crippen molar-refractivity contribution in [3.8, 4) is 5.75 Å². The minimum Gasteiger partial charge on any atom is -0.501 e. The fraction of sp³-hybridized carbons (Fsp3) is 0.500. The van der Waals surface area contributed by atoms with Crippen molar-refractivity contribution in [2.24, 2.45) is 0 Å². The number of rotatable bonds is 4. The highest BCUT2D eigenvalue weighted by Crippen LogP contribution is 2.41. The summed E-state index contributed by atoms with van der Waals surface area (Å²) >= 11 is 0. The molecular formula is C24H27N5O3. The number of carbonyl (C=O) groups excluding carboxylic acids is 1. The van der Waals surface area contributed by atoms with Gasteiger partial charge in [-0.2, -0.15) is 4.98 Å². The average molecular weight is 434 g/mol. The Balaban J connectivity index is 1.45. The minimum atomic E-state index is -0.710. The van der Waals surface area contributed by atoms with Crippen molar-refractivity contribution in [3.63, 3.8) is 0 Å². The van der Waals surface area contributed by atoms with Crippen LogP contribution in [0.1, 0.15) is 61.3 Å². The molecule has 2 saturated carbocycles. The second-order valence-corrected chi connectivity index (χ2v) is 9.48. The van der Waals surface area contributed by atoms with E-state index in [0.717, 1.165) is 56.0 Å². The summed E-state index contributed by atoms with van der Waals surface area (Å²) in [5.74, 6) is -0.173. The lowest BCUT2D eigenvalue weighted by Crippen LogP contribution is -2.51. The van der Waals surface area contributed by atoms with Crippen molar-refractivity contribution in [1.29, 1.82) is 0 Å². The van der Waals surface area contributed by atoms with Gasteiger partial charge in [0.05, 0.1) is 5.54 Å². The predicted molar refractivity (Wildman–Crippen MR) is 119 cm³/mol. The first kappa shape index (κ1) is 19.5. The molecule has 0 radical (unpaired) electrons. The lowest BCUT2D eigenvalue weighted by molar-refractivity contribution is 0.0499. The molecule has 0 saturated heterocycles. The molecule has 2 fully saturated rings. The van der Waals surface area contributed by atoms with Crippen molar-refractivity contribution in [3.05, 3.63) is 52.5 Å². The summed E-state index contributed by atoms with van der Waals surface area (Å²) in [5.41, 5.74) is 0.0867. The largest absolute Gasteiger partial charge is 0.501 e. The van der Waals surface area contributed by atoms with Crippen LogP contribution in [-0.2, 0) is 18.5 Å². The van der Waals surface area contributed by atoms with Gasteiger partial charge in [-0.1, -0.05) is 12.8 Å². The quantitative estimate of drug-likeness (QED) is 0.683. The summed E-state index contributed by atoms with van der Waals surface area (Å²) in [6.45, 7) is 1.14. The summed E-state index contributed by atoms with van der Waals surface area (Å²) in [5, 5.41) is 11.6. The molecule has 1 amide bonds. The number of hydrogen-bond donors (Lipinski definition) is 1. The maximum absolute atomic E-state index is 13.3. The van der Waals surface area contributed by atoms with Crippen LogP contribution in [0.3, 0.4) is 0 Å². The lowest BCUT2D eigenvalue weighted by atomic mass is 9.90. The molecule has 2 aliphatic carbocycles. The molecule has 6 rings (SSSR count). The van der Waals surface area contributed by atoms with Crippen LogP contribution in [0.25, 0.3) is 11.0 Å². The Morgan fingerprint density at radius 3 is 2.66 bits per heavy atom. The molecular weight excluding hydrogens is 406 g/mol. The van der Waals surface area contributed by atoms with E-state index in [0.29, 0.717) is 25.3 Å². The van der Waals surface area contributed by atoms with Crippen molar-refractivity contribution in [1.82, 2.24) is 24.0 Å². The normalized spacial score (nSPS) is 20.5. The Labute approximate surface area is 185 Å².